The summed E-state index contributed by atoms with van der Waals surface area (Å²) in [6.45, 7) is 3.67. The summed E-state index contributed by atoms with van der Waals surface area (Å²) in [7, 11) is 1.72. The van der Waals surface area contributed by atoms with E-state index in [1.54, 1.807) is 7.11 Å². The molecule has 4 heteroatoms. The summed E-state index contributed by atoms with van der Waals surface area (Å²) in [4.78, 5) is 0.193. The van der Waals surface area contributed by atoms with E-state index in [1.165, 1.54) is 5.57 Å². The van der Waals surface area contributed by atoms with Crippen molar-refractivity contribution in [2.45, 2.75) is 30.1 Å². The second kappa shape index (κ2) is 3.06. The van der Waals surface area contributed by atoms with Crippen LogP contribution >= 0.6 is 15.9 Å². The molecule has 2 bridgehead atoms. The highest BCUT2D eigenvalue weighted by molar-refractivity contribution is 9.09. The molecule has 2 aliphatic heterocycles. The van der Waals surface area contributed by atoms with Gasteiger partial charge in [0, 0.05) is 13.5 Å². The fourth-order valence-electron chi connectivity index (χ4n) is 2.90. The smallest absolute Gasteiger partial charge is 0.185 e. The molecule has 0 saturated carbocycles. The van der Waals surface area contributed by atoms with Crippen molar-refractivity contribution in [2.24, 2.45) is 5.41 Å². The fourth-order valence-corrected chi connectivity index (χ4v) is 3.94. The van der Waals surface area contributed by atoms with Gasteiger partial charge in [-0.05, 0) is 6.92 Å². The van der Waals surface area contributed by atoms with Gasteiger partial charge in [-0.2, -0.15) is 0 Å². The Morgan fingerprint density at radius 2 is 2.33 bits per heavy atom. The van der Waals surface area contributed by atoms with Crippen LogP contribution in [0.5, 0.6) is 0 Å². The molecule has 1 aliphatic carbocycles. The highest BCUT2D eigenvalue weighted by Gasteiger charge is 2.65. The summed E-state index contributed by atoms with van der Waals surface area (Å²) in [6.07, 6.45) is 3.46. The molecule has 2 fully saturated rings. The van der Waals surface area contributed by atoms with Gasteiger partial charge in [0.2, 0.25) is 0 Å². The van der Waals surface area contributed by atoms with Crippen LogP contribution in [-0.4, -0.2) is 37.0 Å². The lowest BCUT2D eigenvalue weighted by Crippen LogP contribution is -2.48. The Bertz CT molecular complexity index is 326. The molecule has 2 saturated heterocycles. The number of epoxide rings is 1. The van der Waals surface area contributed by atoms with E-state index in [4.69, 9.17) is 14.2 Å². The molecule has 0 N–H and O–H groups in total. The van der Waals surface area contributed by atoms with Crippen LogP contribution in [0.15, 0.2) is 11.6 Å². The molecule has 0 amide bonds. The monoisotopic (exact) mass is 274 g/mol. The third-order valence-electron chi connectivity index (χ3n) is 3.74. The zero-order valence-corrected chi connectivity index (χ0v) is 10.5. The fraction of sp³-hybridized carbons (Fsp3) is 0.818. The Balaban J connectivity index is 2.05. The molecule has 0 aromatic carbocycles. The lowest BCUT2D eigenvalue weighted by molar-refractivity contribution is -0.187. The molecule has 4 atom stereocenters. The first-order valence-electron chi connectivity index (χ1n) is 5.26. The number of hydrogen-bond acceptors (Lipinski definition) is 3. The van der Waals surface area contributed by atoms with Gasteiger partial charge in [0.15, 0.2) is 5.79 Å². The third kappa shape index (κ3) is 1.22. The lowest BCUT2D eigenvalue weighted by Gasteiger charge is -2.38. The Hall–Kier alpha value is 0.100. The van der Waals surface area contributed by atoms with Crippen LogP contribution in [0.4, 0.5) is 0 Å². The second-order valence-electron chi connectivity index (χ2n) is 4.77. The SMILES string of the molecule is CO[C@@]12CC(C)=C[C@@]([C@H]3CO3)(CO1)[C@@H]2Br. The van der Waals surface area contributed by atoms with Crippen LogP contribution in [0, 0.1) is 5.41 Å². The molecule has 0 spiro atoms. The molecule has 3 rings (SSSR count). The van der Waals surface area contributed by atoms with Crippen LogP contribution in [-0.2, 0) is 14.2 Å². The average molecular weight is 275 g/mol. The van der Waals surface area contributed by atoms with Crippen LogP contribution < -0.4 is 0 Å². The van der Waals surface area contributed by atoms with Gasteiger partial charge in [-0.25, -0.2) is 0 Å². The molecule has 84 valence electrons. The molecule has 3 nitrogen and oxygen atoms in total. The highest BCUT2D eigenvalue weighted by Crippen LogP contribution is 2.57. The zero-order valence-electron chi connectivity index (χ0n) is 8.96. The molecule has 0 aromatic heterocycles. The predicted octanol–water partition coefficient (Wildman–Crippen LogP) is 1.86. The van der Waals surface area contributed by atoms with Crippen LogP contribution in [0.25, 0.3) is 0 Å². The van der Waals surface area contributed by atoms with E-state index in [0.717, 1.165) is 13.0 Å². The van der Waals surface area contributed by atoms with Crippen molar-refractivity contribution in [1.82, 2.24) is 0 Å². The van der Waals surface area contributed by atoms with Gasteiger partial charge in [0.05, 0.1) is 29.6 Å². The van der Waals surface area contributed by atoms with Gasteiger partial charge in [-0.15, -0.1) is 0 Å². The summed E-state index contributed by atoms with van der Waals surface area (Å²) in [6, 6.07) is 0. The maximum atomic E-state index is 5.90. The highest BCUT2D eigenvalue weighted by atomic mass is 79.9. The molecule has 2 heterocycles. The molecular formula is C11H15BrO3. The van der Waals surface area contributed by atoms with Gasteiger partial charge >= 0.3 is 0 Å². The van der Waals surface area contributed by atoms with Gasteiger partial charge in [0.25, 0.3) is 0 Å². The molecule has 15 heavy (non-hydrogen) atoms. The first-order chi connectivity index (χ1) is 7.13. The van der Waals surface area contributed by atoms with Gasteiger partial charge in [-0.1, -0.05) is 27.6 Å². The third-order valence-corrected chi connectivity index (χ3v) is 5.29. The normalized spacial score (nSPS) is 52.9. The van der Waals surface area contributed by atoms with E-state index in [-0.39, 0.29) is 10.2 Å². The molecular weight excluding hydrogens is 260 g/mol. The minimum atomic E-state index is -0.481. The number of fused-ring (bicyclic) bond motifs is 2. The molecule has 0 unspecified atom stereocenters. The van der Waals surface area contributed by atoms with Crippen LogP contribution in [0.1, 0.15) is 13.3 Å². The summed E-state index contributed by atoms with van der Waals surface area (Å²) in [5.74, 6) is -0.481. The summed E-state index contributed by atoms with van der Waals surface area (Å²) in [5.41, 5.74) is 1.32. The standard InChI is InChI=1S/C11H15BrO3/c1-7-3-10(8-5-14-8)6-15-11(4-7,13-2)9(10)12/h3,8-9H,4-6H2,1-2H3/t8-,9+,10+,11+/m1/s1. The van der Waals surface area contributed by atoms with E-state index in [2.05, 4.69) is 28.9 Å². The number of methoxy groups -OCH3 is 1. The minimum Gasteiger partial charge on any atom is -0.372 e. The maximum absolute atomic E-state index is 5.90. The number of ether oxygens (including phenoxy) is 3. The summed E-state index contributed by atoms with van der Waals surface area (Å²) < 4.78 is 17.0. The van der Waals surface area contributed by atoms with Crippen molar-refractivity contribution in [3.05, 3.63) is 11.6 Å². The minimum absolute atomic E-state index is 0.0155. The van der Waals surface area contributed by atoms with Crippen molar-refractivity contribution in [2.75, 3.05) is 20.3 Å². The number of alkyl halides is 1. The largest absolute Gasteiger partial charge is 0.372 e. The topological polar surface area (TPSA) is 31.0 Å². The average Bonchev–Trinajstić information content (AvgIpc) is 3.00. The molecule has 0 radical (unpaired) electrons. The van der Waals surface area contributed by atoms with Crippen molar-refractivity contribution in [3.8, 4) is 0 Å². The molecule has 0 aromatic rings. The van der Waals surface area contributed by atoms with E-state index in [9.17, 15) is 0 Å². The van der Waals surface area contributed by atoms with Crippen molar-refractivity contribution < 1.29 is 14.2 Å². The van der Waals surface area contributed by atoms with E-state index in [1.807, 2.05) is 0 Å². The van der Waals surface area contributed by atoms with Gasteiger partial charge < -0.3 is 14.2 Å². The lowest BCUT2D eigenvalue weighted by atomic mass is 9.74. The Kier molecular flexibility index (Phi) is 2.10. The second-order valence-corrected chi connectivity index (χ2v) is 5.68. The van der Waals surface area contributed by atoms with Gasteiger partial charge in [0.1, 0.15) is 0 Å². The zero-order chi connectivity index (χ0) is 10.7. The quantitative estimate of drug-likeness (QED) is 0.438. The number of hydrogen-bond donors (Lipinski definition) is 0. The van der Waals surface area contributed by atoms with Gasteiger partial charge in [-0.3, -0.25) is 0 Å². The first-order valence-corrected chi connectivity index (χ1v) is 6.18. The van der Waals surface area contributed by atoms with E-state index in [0.29, 0.717) is 12.7 Å². The van der Waals surface area contributed by atoms with Crippen LogP contribution in [0.3, 0.4) is 0 Å². The van der Waals surface area contributed by atoms with E-state index < -0.39 is 5.79 Å². The maximum Gasteiger partial charge on any atom is 0.185 e. The summed E-state index contributed by atoms with van der Waals surface area (Å²) >= 11 is 3.75. The summed E-state index contributed by atoms with van der Waals surface area (Å²) in [5, 5.41) is 0. The van der Waals surface area contributed by atoms with Crippen molar-refractivity contribution >= 4 is 15.9 Å². The van der Waals surface area contributed by atoms with Crippen molar-refractivity contribution in [3.63, 3.8) is 0 Å². The van der Waals surface area contributed by atoms with Crippen LogP contribution in [0.2, 0.25) is 0 Å². The first kappa shape index (κ1) is 10.3. The van der Waals surface area contributed by atoms with Crippen molar-refractivity contribution in [1.29, 1.82) is 0 Å². The Morgan fingerprint density at radius 3 is 2.93 bits per heavy atom. The Morgan fingerprint density at radius 1 is 1.60 bits per heavy atom. The predicted molar refractivity (Wildman–Crippen MR) is 59.0 cm³/mol. The molecule has 3 aliphatic rings. The number of halogens is 1. The van der Waals surface area contributed by atoms with E-state index >= 15 is 0 Å². The Labute approximate surface area is 97.9 Å². The number of rotatable bonds is 2.